The maximum atomic E-state index is 12.6. The SMILES string of the molecule is Cc1cccc(NC(=O)C2CCC(C(=O)Nc3ccccc3C#N)CC2)c1C. The number of benzene rings is 2. The molecule has 0 spiro atoms. The molecule has 0 saturated heterocycles. The molecule has 1 aliphatic carbocycles. The predicted octanol–water partition coefficient (Wildman–Crippen LogP) is 4.56. The number of nitrogens with zero attached hydrogens (tertiary/aromatic N) is 1. The normalized spacial score (nSPS) is 18.8. The molecular weight excluding hydrogens is 350 g/mol. The van der Waals surface area contributed by atoms with Gasteiger partial charge >= 0.3 is 0 Å². The first-order chi connectivity index (χ1) is 13.5. The molecule has 144 valence electrons. The summed E-state index contributed by atoms with van der Waals surface area (Å²) in [6.07, 6.45) is 2.72. The molecule has 1 saturated carbocycles. The van der Waals surface area contributed by atoms with Gasteiger partial charge in [0.25, 0.3) is 0 Å². The number of carbonyl (C=O) groups excluding carboxylic acids is 2. The third kappa shape index (κ3) is 4.40. The van der Waals surface area contributed by atoms with E-state index in [1.54, 1.807) is 24.3 Å². The summed E-state index contributed by atoms with van der Waals surface area (Å²) in [5.74, 6) is -0.245. The first-order valence-electron chi connectivity index (χ1n) is 9.66. The molecule has 3 rings (SSSR count). The molecule has 1 fully saturated rings. The van der Waals surface area contributed by atoms with E-state index in [1.165, 1.54) is 0 Å². The highest BCUT2D eigenvalue weighted by Crippen LogP contribution is 2.31. The van der Waals surface area contributed by atoms with Gasteiger partial charge in [-0.15, -0.1) is 0 Å². The Morgan fingerprint density at radius 3 is 2.00 bits per heavy atom. The van der Waals surface area contributed by atoms with Gasteiger partial charge in [-0.05, 0) is 68.9 Å². The molecule has 0 radical (unpaired) electrons. The van der Waals surface area contributed by atoms with Crippen LogP contribution in [0, 0.1) is 37.0 Å². The molecule has 0 aliphatic heterocycles. The van der Waals surface area contributed by atoms with E-state index in [9.17, 15) is 9.59 Å². The molecule has 0 heterocycles. The van der Waals surface area contributed by atoms with Gasteiger partial charge in [-0.3, -0.25) is 9.59 Å². The summed E-state index contributed by atoms with van der Waals surface area (Å²) in [5, 5.41) is 15.1. The summed E-state index contributed by atoms with van der Waals surface area (Å²) in [6.45, 7) is 4.03. The maximum Gasteiger partial charge on any atom is 0.227 e. The minimum atomic E-state index is -0.128. The van der Waals surface area contributed by atoms with Crippen LogP contribution in [0.3, 0.4) is 0 Å². The van der Waals surface area contributed by atoms with Gasteiger partial charge in [0.2, 0.25) is 11.8 Å². The summed E-state index contributed by atoms with van der Waals surface area (Å²) in [4.78, 5) is 25.2. The second kappa shape index (κ2) is 8.71. The van der Waals surface area contributed by atoms with Crippen molar-refractivity contribution < 1.29 is 9.59 Å². The number of nitriles is 1. The third-order valence-electron chi connectivity index (χ3n) is 5.64. The highest BCUT2D eigenvalue weighted by atomic mass is 16.2. The van der Waals surface area contributed by atoms with E-state index in [1.807, 2.05) is 32.0 Å². The lowest BCUT2D eigenvalue weighted by Crippen LogP contribution is -2.32. The fourth-order valence-corrected chi connectivity index (χ4v) is 3.66. The van der Waals surface area contributed by atoms with Crippen LogP contribution in [0.1, 0.15) is 42.4 Å². The molecule has 2 N–H and O–H groups in total. The van der Waals surface area contributed by atoms with Crippen molar-refractivity contribution >= 4 is 23.2 Å². The lowest BCUT2D eigenvalue weighted by atomic mass is 9.81. The Bertz CT molecular complexity index is 922. The van der Waals surface area contributed by atoms with E-state index in [0.717, 1.165) is 16.8 Å². The molecule has 2 aromatic carbocycles. The molecule has 5 nitrogen and oxygen atoms in total. The Kier molecular flexibility index (Phi) is 6.10. The highest BCUT2D eigenvalue weighted by Gasteiger charge is 2.30. The van der Waals surface area contributed by atoms with Crippen LogP contribution in [0.2, 0.25) is 0 Å². The summed E-state index contributed by atoms with van der Waals surface area (Å²) >= 11 is 0. The number of nitrogens with one attached hydrogen (secondary N) is 2. The first-order valence-corrected chi connectivity index (χ1v) is 9.66. The van der Waals surface area contributed by atoms with Gasteiger partial charge in [-0.2, -0.15) is 5.26 Å². The Morgan fingerprint density at radius 1 is 0.857 bits per heavy atom. The second-order valence-corrected chi connectivity index (χ2v) is 7.43. The molecule has 0 bridgehead atoms. The van der Waals surface area contributed by atoms with E-state index < -0.39 is 0 Å². The first kappa shape index (κ1) is 19.6. The molecule has 0 unspecified atom stereocenters. The van der Waals surface area contributed by atoms with Crippen molar-refractivity contribution in [2.24, 2.45) is 11.8 Å². The number of rotatable bonds is 4. The molecule has 0 aromatic heterocycles. The van der Waals surface area contributed by atoms with E-state index in [-0.39, 0.29) is 23.7 Å². The zero-order valence-corrected chi connectivity index (χ0v) is 16.3. The smallest absolute Gasteiger partial charge is 0.227 e. The Balaban J connectivity index is 1.55. The monoisotopic (exact) mass is 375 g/mol. The Labute approximate surface area is 165 Å². The Morgan fingerprint density at radius 2 is 1.39 bits per heavy atom. The number of para-hydroxylation sites is 1. The van der Waals surface area contributed by atoms with Crippen LogP contribution in [0.4, 0.5) is 11.4 Å². The van der Waals surface area contributed by atoms with Crippen LogP contribution in [-0.4, -0.2) is 11.8 Å². The van der Waals surface area contributed by atoms with Crippen LogP contribution >= 0.6 is 0 Å². The number of hydrogen-bond acceptors (Lipinski definition) is 3. The van der Waals surface area contributed by atoms with E-state index >= 15 is 0 Å². The lowest BCUT2D eigenvalue weighted by molar-refractivity contribution is -0.125. The molecule has 1 aliphatic rings. The summed E-state index contributed by atoms with van der Waals surface area (Å²) in [7, 11) is 0. The number of amides is 2. The summed E-state index contributed by atoms with van der Waals surface area (Å²) < 4.78 is 0. The molecule has 2 amide bonds. The quantitative estimate of drug-likeness (QED) is 0.822. The van der Waals surface area contributed by atoms with Crippen LogP contribution in [0.15, 0.2) is 42.5 Å². The van der Waals surface area contributed by atoms with Crippen molar-refractivity contribution in [1.82, 2.24) is 0 Å². The van der Waals surface area contributed by atoms with Gasteiger partial charge < -0.3 is 10.6 Å². The van der Waals surface area contributed by atoms with Crippen LogP contribution < -0.4 is 10.6 Å². The number of carbonyl (C=O) groups is 2. The number of hydrogen-bond donors (Lipinski definition) is 2. The largest absolute Gasteiger partial charge is 0.326 e. The van der Waals surface area contributed by atoms with Gasteiger partial charge in [0, 0.05) is 17.5 Å². The average Bonchev–Trinajstić information content (AvgIpc) is 2.72. The van der Waals surface area contributed by atoms with Crippen molar-refractivity contribution in [3.8, 4) is 6.07 Å². The molecule has 0 atom stereocenters. The average molecular weight is 375 g/mol. The zero-order chi connectivity index (χ0) is 20.1. The molecule has 2 aromatic rings. The third-order valence-corrected chi connectivity index (χ3v) is 5.64. The Hall–Kier alpha value is -3.13. The van der Waals surface area contributed by atoms with Gasteiger partial charge in [0.05, 0.1) is 11.3 Å². The number of anilines is 2. The molecular formula is C23H25N3O2. The standard InChI is InChI=1S/C23H25N3O2/c1-15-6-5-9-20(16(15)2)25-22(27)17-10-12-18(13-11-17)23(28)26-21-8-4-3-7-19(21)14-24/h3-9,17-18H,10-13H2,1-2H3,(H,25,27)(H,26,28). The van der Waals surface area contributed by atoms with Crippen molar-refractivity contribution in [3.05, 3.63) is 59.2 Å². The second-order valence-electron chi connectivity index (χ2n) is 7.43. The maximum absolute atomic E-state index is 12.6. The van der Waals surface area contributed by atoms with E-state index in [4.69, 9.17) is 5.26 Å². The van der Waals surface area contributed by atoms with Crippen molar-refractivity contribution in [1.29, 1.82) is 5.26 Å². The van der Waals surface area contributed by atoms with Crippen molar-refractivity contribution in [2.45, 2.75) is 39.5 Å². The predicted molar refractivity (Wildman–Crippen MR) is 110 cm³/mol. The van der Waals surface area contributed by atoms with Gasteiger partial charge in [0.1, 0.15) is 6.07 Å². The lowest BCUT2D eigenvalue weighted by Gasteiger charge is -2.27. The topological polar surface area (TPSA) is 82.0 Å². The van der Waals surface area contributed by atoms with Gasteiger partial charge in [-0.1, -0.05) is 24.3 Å². The highest BCUT2D eigenvalue weighted by molar-refractivity contribution is 5.95. The van der Waals surface area contributed by atoms with Crippen molar-refractivity contribution in [2.75, 3.05) is 10.6 Å². The fourth-order valence-electron chi connectivity index (χ4n) is 3.66. The summed E-state index contributed by atoms with van der Waals surface area (Å²) in [5.41, 5.74) is 4.09. The van der Waals surface area contributed by atoms with Gasteiger partial charge in [0.15, 0.2) is 0 Å². The van der Waals surface area contributed by atoms with Crippen LogP contribution in [0.25, 0.3) is 0 Å². The zero-order valence-electron chi connectivity index (χ0n) is 16.3. The minimum Gasteiger partial charge on any atom is -0.326 e. The molecule has 28 heavy (non-hydrogen) atoms. The minimum absolute atomic E-state index is 0.0300. The van der Waals surface area contributed by atoms with Gasteiger partial charge in [-0.25, -0.2) is 0 Å². The van der Waals surface area contributed by atoms with Crippen LogP contribution in [-0.2, 0) is 9.59 Å². The van der Waals surface area contributed by atoms with Crippen LogP contribution in [0.5, 0.6) is 0 Å². The van der Waals surface area contributed by atoms with Crippen molar-refractivity contribution in [3.63, 3.8) is 0 Å². The van der Waals surface area contributed by atoms with E-state index in [2.05, 4.69) is 16.7 Å². The summed E-state index contributed by atoms with van der Waals surface area (Å²) in [6, 6.07) is 15.0. The number of aryl methyl sites for hydroxylation is 1. The molecule has 5 heteroatoms. The van der Waals surface area contributed by atoms with E-state index in [0.29, 0.717) is 36.9 Å². The fraction of sp³-hybridized carbons (Fsp3) is 0.348.